The van der Waals surface area contributed by atoms with E-state index in [1.807, 2.05) is 6.92 Å². The minimum absolute atomic E-state index is 0.151. The Balaban J connectivity index is 2.49. The lowest BCUT2D eigenvalue weighted by Crippen LogP contribution is -2.14. The third-order valence-corrected chi connectivity index (χ3v) is 3.29. The second kappa shape index (κ2) is 5.52. The summed E-state index contributed by atoms with van der Waals surface area (Å²) in [5.41, 5.74) is 6.53. The van der Waals surface area contributed by atoms with Gasteiger partial charge in [0, 0.05) is 12.2 Å². The number of hydrogen-bond donors (Lipinski definition) is 1. The Morgan fingerprint density at radius 1 is 1.53 bits per heavy atom. The molecule has 0 amide bonds. The van der Waals surface area contributed by atoms with Gasteiger partial charge in [0.05, 0.1) is 16.2 Å². The number of aryl methyl sites for hydroxylation is 1. The van der Waals surface area contributed by atoms with E-state index < -0.39 is 5.82 Å². The molecule has 100 valence electrons. The fraction of sp³-hybridized carbons (Fsp3) is 0.231. The van der Waals surface area contributed by atoms with Crippen molar-refractivity contribution in [1.82, 2.24) is 9.78 Å². The van der Waals surface area contributed by atoms with Crippen molar-refractivity contribution >= 4 is 27.4 Å². The first kappa shape index (κ1) is 13.7. The lowest BCUT2D eigenvalue weighted by Gasteiger charge is -2.08. The molecule has 0 unspecified atom stereocenters. The van der Waals surface area contributed by atoms with E-state index in [1.54, 1.807) is 10.9 Å². The van der Waals surface area contributed by atoms with Crippen LogP contribution < -0.4 is 5.73 Å². The van der Waals surface area contributed by atoms with Gasteiger partial charge in [-0.05, 0) is 40.5 Å². The van der Waals surface area contributed by atoms with Gasteiger partial charge in [0.15, 0.2) is 0 Å². The molecule has 2 aromatic rings. The van der Waals surface area contributed by atoms with Crippen LogP contribution >= 0.6 is 15.9 Å². The lowest BCUT2D eigenvalue weighted by atomic mass is 10.1. The molecule has 0 aliphatic rings. The first-order valence-corrected chi connectivity index (χ1v) is 6.65. The Hall–Kier alpha value is -1.69. The van der Waals surface area contributed by atoms with Crippen molar-refractivity contribution in [2.75, 3.05) is 5.73 Å². The zero-order chi connectivity index (χ0) is 14.0. The normalized spacial score (nSPS) is 10.7. The maximum absolute atomic E-state index is 13.3. The third kappa shape index (κ3) is 2.68. The van der Waals surface area contributed by atoms with Gasteiger partial charge < -0.3 is 5.73 Å². The van der Waals surface area contributed by atoms with E-state index in [1.165, 1.54) is 12.1 Å². The van der Waals surface area contributed by atoms with Crippen molar-refractivity contribution in [3.8, 4) is 0 Å². The monoisotopic (exact) mass is 325 g/mol. The second-order valence-corrected chi connectivity index (χ2v) is 4.98. The molecule has 4 nitrogen and oxygen atoms in total. The number of nitrogen functional groups attached to an aromatic ring is 1. The maximum atomic E-state index is 13.3. The summed E-state index contributed by atoms with van der Waals surface area (Å²) >= 11 is 3.29. The molecule has 1 heterocycles. The summed E-state index contributed by atoms with van der Waals surface area (Å²) in [6.07, 6.45) is 2.39. The number of aromatic nitrogens is 2. The highest BCUT2D eigenvalue weighted by molar-refractivity contribution is 9.10. The molecule has 0 aliphatic heterocycles. The van der Waals surface area contributed by atoms with Crippen LogP contribution in [0.3, 0.4) is 0 Å². The largest absolute Gasteiger partial charge is 0.398 e. The van der Waals surface area contributed by atoms with Crippen LogP contribution in [0.5, 0.6) is 0 Å². The van der Waals surface area contributed by atoms with Gasteiger partial charge in [0.2, 0.25) is 5.78 Å². The zero-order valence-corrected chi connectivity index (χ0v) is 11.9. The quantitative estimate of drug-likeness (QED) is 0.694. The third-order valence-electron chi connectivity index (χ3n) is 2.71. The van der Waals surface area contributed by atoms with Crippen molar-refractivity contribution in [3.05, 3.63) is 45.9 Å². The van der Waals surface area contributed by atoms with E-state index >= 15 is 0 Å². The molecule has 0 atom stereocenters. The van der Waals surface area contributed by atoms with Crippen molar-refractivity contribution < 1.29 is 9.18 Å². The SMILES string of the molecule is CCCn1ncc(Br)c1C(=O)c1cc(F)ccc1N. The van der Waals surface area contributed by atoms with Gasteiger partial charge in [-0.1, -0.05) is 6.92 Å². The number of nitrogens with two attached hydrogens (primary N) is 1. The Labute approximate surface area is 118 Å². The molecule has 0 aliphatic carbocycles. The highest BCUT2D eigenvalue weighted by atomic mass is 79.9. The standard InChI is InChI=1S/C13H13BrFN3O/c1-2-5-18-12(10(14)7-17-18)13(19)9-6-8(15)3-4-11(9)16/h3-4,6-7H,2,5,16H2,1H3. The summed E-state index contributed by atoms with van der Waals surface area (Å²) < 4.78 is 15.4. The minimum Gasteiger partial charge on any atom is -0.398 e. The number of ketones is 1. The average Bonchev–Trinajstić information content (AvgIpc) is 2.73. The van der Waals surface area contributed by atoms with Crippen LogP contribution in [-0.2, 0) is 6.54 Å². The second-order valence-electron chi connectivity index (χ2n) is 4.12. The number of carbonyl (C=O) groups is 1. The van der Waals surface area contributed by atoms with Gasteiger partial charge >= 0.3 is 0 Å². The molecule has 2 N–H and O–H groups in total. The minimum atomic E-state index is -0.491. The molecule has 0 spiro atoms. The Kier molecular flexibility index (Phi) is 3.99. The van der Waals surface area contributed by atoms with Crippen LogP contribution in [0.25, 0.3) is 0 Å². The fourth-order valence-electron chi connectivity index (χ4n) is 1.82. The molecule has 0 fully saturated rings. The van der Waals surface area contributed by atoms with Crippen LogP contribution in [0, 0.1) is 5.82 Å². The van der Waals surface area contributed by atoms with Crippen LogP contribution in [0.2, 0.25) is 0 Å². The summed E-state index contributed by atoms with van der Waals surface area (Å²) in [7, 11) is 0. The molecule has 1 aromatic heterocycles. The van der Waals surface area contributed by atoms with Crippen LogP contribution in [0.15, 0.2) is 28.9 Å². The Morgan fingerprint density at radius 2 is 2.26 bits per heavy atom. The van der Waals surface area contributed by atoms with E-state index in [2.05, 4.69) is 21.0 Å². The van der Waals surface area contributed by atoms with Crippen LogP contribution in [-0.4, -0.2) is 15.6 Å². The van der Waals surface area contributed by atoms with Crippen LogP contribution in [0.1, 0.15) is 29.4 Å². The number of benzene rings is 1. The number of anilines is 1. The van der Waals surface area contributed by atoms with E-state index in [0.717, 1.165) is 12.5 Å². The predicted molar refractivity (Wildman–Crippen MR) is 74.5 cm³/mol. The predicted octanol–water partition coefficient (Wildman–Crippen LogP) is 3.01. The first-order chi connectivity index (χ1) is 9.04. The van der Waals surface area contributed by atoms with Crippen molar-refractivity contribution in [2.45, 2.75) is 19.9 Å². The molecule has 6 heteroatoms. The summed E-state index contributed by atoms with van der Waals surface area (Å²) in [5, 5.41) is 4.12. The van der Waals surface area contributed by atoms with Gasteiger partial charge in [0.1, 0.15) is 11.5 Å². The van der Waals surface area contributed by atoms with Gasteiger partial charge in [-0.25, -0.2) is 4.39 Å². The molecule has 2 rings (SSSR count). The maximum Gasteiger partial charge on any atom is 0.214 e. The molecular formula is C13H13BrFN3O. The highest BCUT2D eigenvalue weighted by Gasteiger charge is 2.21. The lowest BCUT2D eigenvalue weighted by molar-refractivity contribution is 0.102. The smallest absolute Gasteiger partial charge is 0.214 e. The average molecular weight is 326 g/mol. The summed E-state index contributed by atoms with van der Waals surface area (Å²) in [5.74, 6) is -0.829. The topological polar surface area (TPSA) is 60.9 Å². The molecule has 0 radical (unpaired) electrons. The van der Waals surface area contributed by atoms with Crippen molar-refractivity contribution in [1.29, 1.82) is 0 Å². The summed E-state index contributed by atoms with van der Waals surface area (Å²) in [6, 6.07) is 3.76. The molecule has 0 bridgehead atoms. The summed E-state index contributed by atoms with van der Waals surface area (Å²) in [6.45, 7) is 2.60. The van der Waals surface area contributed by atoms with Crippen LogP contribution in [0.4, 0.5) is 10.1 Å². The van der Waals surface area contributed by atoms with E-state index in [9.17, 15) is 9.18 Å². The Bertz CT molecular complexity index is 624. The number of hydrogen-bond acceptors (Lipinski definition) is 3. The van der Waals surface area contributed by atoms with Gasteiger partial charge in [-0.15, -0.1) is 0 Å². The van der Waals surface area contributed by atoms with Gasteiger partial charge in [0.25, 0.3) is 0 Å². The molecule has 19 heavy (non-hydrogen) atoms. The number of nitrogens with zero attached hydrogens (tertiary/aromatic N) is 2. The zero-order valence-electron chi connectivity index (χ0n) is 10.4. The molecule has 1 aromatic carbocycles. The summed E-state index contributed by atoms with van der Waals surface area (Å²) in [4.78, 5) is 12.5. The first-order valence-electron chi connectivity index (χ1n) is 5.85. The molecule has 0 saturated carbocycles. The van der Waals surface area contributed by atoms with Crippen molar-refractivity contribution in [3.63, 3.8) is 0 Å². The molecule has 0 saturated heterocycles. The number of carbonyl (C=O) groups excluding carboxylic acids is 1. The van der Waals surface area contributed by atoms with Gasteiger partial charge in [-0.3, -0.25) is 9.48 Å². The van der Waals surface area contributed by atoms with E-state index in [-0.39, 0.29) is 17.0 Å². The van der Waals surface area contributed by atoms with Gasteiger partial charge in [-0.2, -0.15) is 5.10 Å². The highest BCUT2D eigenvalue weighted by Crippen LogP contribution is 2.23. The van der Waals surface area contributed by atoms with Crippen molar-refractivity contribution in [2.24, 2.45) is 0 Å². The Morgan fingerprint density at radius 3 is 2.95 bits per heavy atom. The number of rotatable bonds is 4. The molecular weight excluding hydrogens is 313 g/mol. The van der Waals surface area contributed by atoms with E-state index in [0.29, 0.717) is 16.7 Å². The van der Waals surface area contributed by atoms with E-state index in [4.69, 9.17) is 5.73 Å². The fourth-order valence-corrected chi connectivity index (χ4v) is 2.30. The number of halogens is 2.